The molecule has 0 aromatic heterocycles. The van der Waals surface area contributed by atoms with Crippen molar-refractivity contribution in [2.45, 2.75) is 18.9 Å². The minimum atomic E-state index is -1.27. The summed E-state index contributed by atoms with van der Waals surface area (Å²) >= 11 is 0. The van der Waals surface area contributed by atoms with E-state index in [0.717, 1.165) is 5.56 Å². The molecule has 0 bridgehead atoms. The number of nitrogens with one attached hydrogen (secondary N) is 1. The largest absolute Gasteiger partial charge is 0.545 e. The van der Waals surface area contributed by atoms with Crippen molar-refractivity contribution in [3.05, 3.63) is 53.6 Å². The number of methoxy groups -OCH3 is 2. The molecule has 1 atom stereocenters. The van der Waals surface area contributed by atoms with E-state index in [1.54, 1.807) is 20.3 Å². The van der Waals surface area contributed by atoms with E-state index in [9.17, 15) is 19.5 Å². The van der Waals surface area contributed by atoms with E-state index in [-0.39, 0.29) is 30.3 Å². The van der Waals surface area contributed by atoms with E-state index >= 15 is 0 Å². The molecule has 29 heavy (non-hydrogen) atoms. The number of benzene rings is 2. The first-order valence-corrected chi connectivity index (χ1v) is 9.06. The molecule has 0 radical (unpaired) electrons. The fourth-order valence-corrected chi connectivity index (χ4v) is 3.21. The SMILES string of the molecule is COc1ccc(CCN2C(=O)C[C@@H](Nc3ccc(C(=O)[O-])cc3)C2=O)cc1OC. The van der Waals surface area contributed by atoms with Crippen LogP contribution in [-0.2, 0) is 16.0 Å². The highest BCUT2D eigenvalue weighted by Crippen LogP contribution is 2.28. The van der Waals surface area contributed by atoms with Gasteiger partial charge in [0.05, 0.1) is 26.6 Å². The predicted octanol–water partition coefficient (Wildman–Crippen LogP) is 0.849. The van der Waals surface area contributed by atoms with E-state index in [2.05, 4.69) is 5.32 Å². The highest BCUT2D eigenvalue weighted by Gasteiger charge is 2.38. The number of likely N-dealkylation sites (tertiary alicyclic amines) is 1. The highest BCUT2D eigenvalue weighted by molar-refractivity contribution is 6.06. The smallest absolute Gasteiger partial charge is 0.252 e. The number of carbonyl (C=O) groups is 3. The molecule has 1 fully saturated rings. The van der Waals surface area contributed by atoms with Crippen LogP contribution in [-0.4, -0.2) is 49.5 Å². The maximum Gasteiger partial charge on any atom is 0.252 e. The first-order valence-electron chi connectivity index (χ1n) is 9.06. The molecule has 0 unspecified atom stereocenters. The standard InChI is InChI=1S/C21H22N2O6/c1-28-17-8-3-13(11-18(17)29-2)9-10-23-19(24)12-16(20(23)25)22-15-6-4-14(5-7-15)21(26)27/h3-8,11,16,22H,9-10,12H2,1-2H3,(H,26,27)/p-1/t16-/m1/s1. The Morgan fingerprint density at radius 2 is 1.79 bits per heavy atom. The van der Waals surface area contributed by atoms with Gasteiger partial charge in [-0.1, -0.05) is 18.2 Å². The number of rotatable bonds is 8. The number of hydrogen-bond acceptors (Lipinski definition) is 7. The molecule has 1 heterocycles. The number of carbonyl (C=O) groups excluding carboxylic acids is 3. The molecule has 3 rings (SSSR count). The highest BCUT2D eigenvalue weighted by atomic mass is 16.5. The van der Waals surface area contributed by atoms with Gasteiger partial charge in [-0.25, -0.2) is 0 Å². The van der Waals surface area contributed by atoms with Crippen LogP contribution in [0, 0.1) is 0 Å². The maximum atomic E-state index is 12.6. The van der Waals surface area contributed by atoms with Gasteiger partial charge in [-0.3, -0.25) is 14.5 Å². The van der Waals surface area contributed by atoms with Crippen LogP contribution in [0.2, 0.25) is 0 Å². The third kappa shape index (κ3) is 4.48. The molecule has 0 aliphatic carbocycles. The molecule has 8 nitrogen and oxygen atoms in total. The molecule has 0 saturated carbocycles. The number of carboxylic acids is 1. The lowest BCUT2D eigenvalue weighted by Gasteiger charge is -2.17. The topological polar surface area (TPSA) is 108 Å². The fourth-order valence-electron chi connectivity index (χ4n) is 3.21. The van der Waals surface area contributed by atoms with Crippen molar-refractivity contribution in [3.63, 3.8) is 0 Å². The summed E-state index contributed by atoms with van der Waals surface area (Å²) in [5.74, 6) is -0.633. The molecule has 2 aromatic rings. The van der Waals surface area contributed by atoms with Crippen LogP contribution in [0.25, 0.3) is 0 Å². The fraction of sp³-hybridized carbons (Fsp3) is 0.286. The van der Waals surface area contributed by atoms with Crippen LogP contribution < -0.4 is 19.9 Å². The van der Waals surface area contributed by atoms with Crippen LogP contribution in [0.4, 0.5) is 5.69 Å². The Morgan fingerprint density at radius 3 is 2.41 bits per heavy atom. The number of amides is 2. The summed E-state index contributed by atoms with van der Waals surface area (Å²) in [4.78, 5) is 37.0. The van der Waals surface area contributed by atoms with Crippen LogP contribution in [0.5, 0.6) is 11.5 Å². The van der Waals surface area contributed by atoms with Crippen molar-refractivity contribution in [1.82, 2.24) is 4.90 Å². The van der Waals surface area contributed by atoms with Gasteiger partial charge >= 0.3 is 0 Å². The summed E-state index contributed by atoms with van der Waals surface area (Å²) in [5.41, 5.74) is 1.52. The molecule has 8 heteroatoms. The Morgan fingerprint density at radius 1 is 1.10 bits per heavy atom. The van der Waals surface area contributed by atoms with Crippen molar-refractivity contribution >= 4 is 23.5 Å². The lowest BCUT2D eigenvalue weighted by Crippen LogP contribution is -2.36. The van der Waals surface area contributed by atoms with Crippen molar-refractivity contribution in [1.29, 1.82) is 0 Å². The molecule has 0 spiro atoms. The maximum absolute atomic E-state index is 12.6. The number of aromatic carboxylic acids is 1. The molecular formula is C21H21N2O6-. The Hall–Kier alpha value is -3.55. The average molecular weight is 397 g/mol. The summed E-state index contributed by atoms with van der Waals surface area (Å²) < 4.78 is 10.5. The second-order valence-corrected chi connectivity index (χ2v) is 6.59. The number of carboxylic acid groups (broad SMARTS) is 1. The number of hydrogen-bond donors (Lipinski definition) is 1. The van der Waals surface area contributed by atoms with Gasteiger partial charge in [0.2, 0.25) is 5.91 Å². The molecule has 1 aliphatic heterocycles. The quantitative estimate of drug-likeness (QED) is 0.658. The van der Waals surface area contributed by atoms with Crippen LogP contribution in [0.3, 0.4) is 0 Å². The second-order valence-electron chi connectivity index (χ2n) is 6.59. The van der Waals surface area contributed by atoms with E-state index in [0.29, 0.717) is 23.6 Å². The Labute approximate surface area is 168 Å². The average Bonchev–Trinajstić information content (AvgIpc) is 2.99. The van der Waals surface area contributed by atoms with Crippen molar-refractivity contribution in [3.8, 4) is 11.5 Å². The van der Waals surface area contributed by atoms with Crippen molar-refractivity contribution in [2.75, 3.05) is 26.1 Å². The Bertz CT molecular complexity index is 925. The molecule has 1 saturated heterocycles. The summed E-state index contributed by atoms with van der Waals surface area (Å²) in [5, 5.41) is 13.8. The van der Waals surface area contributed by atoms with Crippen molar-refractivity contribution < 1.29 is 29.0 Å². The van der Waals surface area contributed by atoms with E-state index < -0.39 is 12.0 Å². The van der Waals surface area contributed by atoms with E-state index in [4.69, 9.17) is 9.47 Å². The van der Waals surface area contributed by atoms with E-state index in [1.165, 1.54) is 29.2 Å². The number of imide groups is 1. The van der Waals surface area contributed by atoms with Gasteiger partial charge in [0.25, 0.3) is 5.91 Å². The van der Waals surface area contributed by atoms with Crippen molar-refractivity contribution in [2.24, 2.45) is 0 Å². The van der Waals surface area contributed by atoms with Gasteiger partial charge in [0.1, 0.15) is 6.04 Å². The van der Waals surface area contributed by atoms with Gasteiger partial charge in [0, 0.05) is 12.2 Å². The van der Waals surface area contributed by atoms with Gasteiger partial charge < -0.3 is 24.7 Å². The van der Waals surface area contributed by atoms with E-state index in [1.807, 2.05) is 12.1 Å². The first kappa shape index (κ1) is 20.2. The third-order valence-corrected chi connectivity index (χ3v) is 4.78. The number of anilines is 1. The molecule has 152 valence electrons. The van der Waals surface area contributed by atoms with Crippen LogP contribution >= 0.6 is 0 Å². The summed E-state index contributed by atoms with van der Waals surface area (Å²) in [7, 11) is 3.10. The summed E-state index contributed by atoms with van der Waals surface area (Å²) in [6.45, 7) is 0.259. The lowest BCUT2D eigenvalue weighted by atomic mass is 10.1. The number of ether oxygens (including phenoxy) is 2. The molecule has 2 aromatic carbocycles. The normalized spacial score (nSPS) is 16.1. The van der Waals surface area contributed by atoms with Gasteiger partial charge in [-0.2, -0.15) is 0 Å². The second kappa shape index (κ2) is 8.64. The Kier molecular flexibility index (Phi) is 6.01. The zero-order chi connectivity index (χ0) is 21.0. The third-order valence-electron chi connectivity index (χ3n) is 4.78. The summed E-state index contributed by atoms with van der Waals surface area (Å²) in [6, 6.07) is 10.6. The van der Waals surface area contributed by atoms with Gasteiger partial charge in [-0.15, -0.1) is 0 Å². The monoisotopic (exact) mass is 397 g/mol. The minimum absolute atomic E-state index is 0.0425. The zero-order valence-corrected chi connectivity index (χ0v) is 16.1. The van der Waals surface area contributed by atoms with Crippen LogP contribution in [0.1, 0.15) is 22.3 Å². The first-order chi connectivity index (χ1) is 13.9. The number of nitrogens with zero attached hydrogens (tertiary/aromatic N) is 1. The lowest BCUT2D eigenvalue weighted by molar-refractivity contribution is -0.255. The minimum Gasteiger partial charge on any atom is -0.545 e. The van der Waals surface area contributed by atoms with Gasteiger partial charge in [0.15, 0.2) is 11.5 Å². The predicted molar refractivity (Wildman–Crippen MR) is 103 cm³/mol. The molecule has 1 aliphatic rings. The summed E-state index contributed by atoms with van der Waals surface area (Å²) in [6.07, 6.45) is 0.540. The van der Waals surface area contributed by atoms with Crippen LogP contribution in [0.15, 0.2) is 42.5 Å². The molecule has 2 amide bonds. The molecular weight excluding hydrogens is 376 g/mol. The Balaban J connectivity index is 1.62. The molecule has 1 N–H and O–H groups in total. The zero-order valence-electron chi connectivity index (χ0n) is 16.1. The van der Waals surface area contributed by atoms with Gasteiger partial charge in [-0.05, 0) is 41.8 Å².